The summed E-state index contributed by atoms with van der Waals surface area (Å²) in [6.07, 6.45) is 2.94. The first kappa shape index (κ1) is 15.6. The molecule has 0 saturated heterocycles. The molecule has 2 aromatic rings. The Balaban J connectivity index is 2.47. The van der Waals surface area contributed by atoms with Gasteiger partial charge < -0.3 is 5.32 Å². The Kier molecular flexibility index (Phi) is 5.07. The maximum atomic E-state index is 4.62. The summed E-state index contributed by atoms with van der Waals surface area (Å²) in [5.41, 5.74) is 6.32. The van der Waals surface area contributed by atoms with E-state index >= 15 is 0 Å². The van der Waals surface area contributed by atoms with Crippen molar-refractivity contribution in [3.05, 3.63) is 58.2 Å². The first-order valence-electron chi connectivity index (χ1n) is 7.63. The number of benzene rings is 1. The minimum Gasteiger partial charge on any atom is -0.305 e. The van der Waals surface area contributed by atoms with Gasteiger partial charge in [-0.2, -0.15) is 0 Å². The molecule has 3 heteroatoms. The molecule has 1 N–H and O–H groups in total. The van der Waals surface area contributed by atoms with Crippen molar-refractivity contribution < 1.29 is 0 Å². The summed E-state index contributed by atoms with van der Waals surface area (Å²) < 4.78 is 0. The molecule has 1 unspecified atom stereocenters. The van der Waals surface area contributed by atoms with E-state index in [4.69, 9.17) is 0 Å². The quantitative estimate of drug-likeness (QED) is 0.907. The Labute approximate surface area is 127 Å². The topological polar surface area (TPSA) is 37.8 Å². The number of nitrogens with zero attached hydrogens (tertiary/aromatic N) is 2. The predicted octanol–water partition coefficient (Wildman–Crippen LogP) is 3.80. The molecule has 0 bridgehead atoms. The fourth-order valence-corrected chi connectivity index (χ4v) is 2.59. The first-order valence-corrected chi connectivity index (χ1v) is 7.63. The summed E-state index contributed by atoms with van der Waals surface area (Å²) in [5, 5.41) is 3.63. The molecule has 0 aliphatic heterocycles. The molecule has 1 heterocycles. The highest BCUT2D eigenvalue weighted by molar-refractivity contribution is 5.41. The van der Waals surface area contributed by atoms with E-state index in [2.05, 4.69) is 55.1 Å². The zero-order chi connectivity index (χ0) is 15.4. The van der Waals surface area contributed by atoms with Gasteiger partial charge in [0.1, 0.15) is 5.82 Å². The standard InChI is InChI=1S/C18H25N3/c1-6-8-20-18(17-7-9-19-15(5)21-17)16-11-13(3)12(2)10-14(16)4/h7,9-11,18,20H,6,8H2,1-5H3. The van der Waals surface area contributed by atoms with Crippen molar-refractivity contribution >= 4 is 0 Å². The highest BCUT2D eigenvalue weighted by atomic mass is 15.0. The lowest BCUT2D eigenvalue weighted by atomic mass is 9.94. The van der Waals surface area contributed by atoms with Gasteiger partial charge in [0.2, 0.25) is 0 Å². The van der Waals surface area contributed by atoms with E-state index in [1.807, 2.05) is 19.2 Å². The number of hydrogen-bond donors (Lipinski definition) is 1. The second-order valence-corrected chi connectivity index (χ2v) is 5.71. The normalized spacial score (nSPS) is 12.4. The molecule has 3 nitrogen and oxygen atoms in total. The van der Waals surface area contributed by atoms with Gasteiger partial charge in [0, 0.05) is 6.20 Å². The highest BCUT2D eigenvalue weighted by Crippen LogP contribution is 2.26. The van der Waals surface area contributed by atoms with Gasteiger partial charge >= 0.3 is 0 Å². The molecule has 0 saturated carbocycles. The SMILES string of the molecule is CCCNC(c1ccnc(C)n1)c1cc(C)c(C)cc1C. The van der Waals surface area contributed by atoms with E-state index in [1.165, 1.54) is 22.3 Å². The van der Waals surface area contributed by atoms with Crippen LogP contribution in [0.2, 0.25) is 0 Å². The van der Waals surface area contributed by atoms with Crippen LogP contribution in [0, 0.1) is 27.7 Å². The van der Waals surface area contributed by atoms with Crippen molar-refractivity contribution in [3.63, 3.8) is 0 Å². The van der Waals surface area contributed by atoms with Crippen LogP contribution < -0.4 is 5.32 Å². The van der Waals surface area contributed by atoms with Gasteiger partial charge in [-0.1, -0.05) is 19.1 Å². The Morgan fingerprint density at radius 3 is 2.43 bits per heavy atom. The number of hydrogen-bond acceptors (Lipinski definition) is 3. The lowest BCUT2D eigenvalue weighted by Crippen LogP contribution is -2.25. The van der Waals surface area contributed by atoms with Crippen LogP contribution >= 0.6 is 0 Å². The minimum atomic E-state index is 0.131. The van der Waals surface area contributed by atoms with E-state index in [1.54, 1.807) is 0 Å². The van der Waals surface area contributed by atoms with Crippen LogP contribution in [0.4, 0.5) is 0 Å². The summed E-state index contributed by atoms with van der Waals surface area (Å²) in [6, 6.07) is 6.69. The van der Waals surface area contributed by atoms with E-state index < -0.39 is 0 Å². The van der Waals surface area contributed by atoms with Gasteiger partial charge in [0.15, 0.2) is 0 Å². The molecule has 0 amide bonds. The van der Waals surface area contributed by atoms with Gasteiger partial charge in [-0.15, -0.1) is 0 Å². The van der Waals surface area contributed by atoms with Gasteiger partial charge in [0.05, 0.1) is 11.7 Å². The third-order valence-corrected chi connectivity index (χ3v) is 3.89. The van der Waals surface area contributed by atoms with E-state index in [0.29, 0.717) is 0 Å². The molecule has 0 aliphatic rings. The van der Waals surface area contributed by atoms with E-state index in [-0.39, 0.29) is 6.04 Å². The van der Waals surface area contributed by atoms with E-state index in [9.17, 15) is 0 Å². The Morgan fingerprint density at radius 1 is 1.05 bits per heavy atom. The van der Waals surface area contributed by atoms with E-state index in [0.717, 1.165) is 24.5 Å². The van der Waals surface area contributed by atoms with Crippen LogP contribution in [-0.4, -0.2) is 16.5 Å². The number of nitrogens with one attached hydrogen (secondary N) is 1. The zero-order valence-electron chi connectivity index (χ0n) is 13.7. The summed E-state index contributed by atoms with van der Waals surface area (Å²) in [6.45, 7) is 11.6. The number of rotatable bonds is 5. The first-order chi connectivity index (χ1) is 10.0. The molecule has 0 radical (unpaired) electrons. The molecular weight excluding hydrogens is 258 g/mol. The average molecular weight is 283 g/mol. The minimum absolute atomic E-state index is 0.131. The molecule has 1 atom stereocenters. The third-order valence-electron chi connectivity index (χ3n) is 3.89. The Morgan fingerprint density at radius 2 is 1.76 bits per heavy atom. The molecule has 1 aromatic carbocycles. The van der Waals surface area contributed by atoms with Crippen molar-refractivity contribution in [1.29, 1.82) is 0 Å². The van der Waals surface area contributed by atoms with Gasteiger partial charge in [-0.3, -0.25) is 0 Å². The van der Waals surface area contributed by atoms with Crippen molar-refractivity contribution in [3.8, 4) is 0 Å². The second-order valence-electron chi connectivity index (χ2n) is 5.71. The highest BCUT2D eigenvalue weighted by Gasteiger charge is 2.18. The van der Waals surface area contributed by atoms with Gasteiger partial charge in [-0.25, -0.2) is 9.97 Å². The number of aryl methyl sites for hydroxylation is 4. The molecule has 21 heavy (non-hydrogen) atoms. The summed E-state index contributed by atoms with van der Waals surface area (Å²) in [5.74, 6) is 0.817. The third kappa shape index (κ3) is 3.67. The zero-order valence-corrected chi connectivity index (χ0v) is 13.7. The van der Waals surface area contributed by atoms with Gasteiger partial charge in [-0.05, 0) is 69.0 Å². The maximum Gasteiger partial charge on any atom is 0.125 e. The van der Waals surface area contributed by atoms with Crippen LogP contribution in [-0.2, 0) is 0 Å². The van der Waals surface area contributed by atoms with Gasteiger partial charge in [0.25, 0.3) is 0 Å². The Hall–Kier alpha value is -1.74. The average Bonchev–Trinajstić information content (AvgIpc) is 2.44. The summed E-state index contributed by atoms with van der Waals surface area (Å²) in [7, 11) is 0. The Bertz CT molecular complexity index is 620. The van der Waals surface area contributed by atoms with Crippen LogP contribution in [0.5, 0.6) is 0 Å². The lowest BCUT2D eigenvalue weighted by molar-refractivity contribution is 0.581. The van der Waals surface area contributed by atoms with Crippen LogP contribution in [0.3, 0.4) is 0 Å². The molecule has 1 aromatic heterocycles. The maximum absolute atomic E-state index is 4.62. The van der Waals surface area contributed by atoms with Crippen LogP contribution in [0.1, 0.15) is 53.2 Å². The van der Waals surface area contributed by atoms with Crippen LogP contribution in [0.15, 0.2) is 24.4 Å². The predicted molar refractivity (Wildman–Crippen MR) is 87.6 cm³/mol. The fraction of sp³-hybridized carbons (Fsp3) is 0.444. The van der Waals surface area contributed by atoms with Crippen molar-refractivity contribution in [1.82, 2.24) is 15.3 Å². The molecule has 0 aliphatic carbocycles. The summed E-state index contributed by atoms with van der Waals surface area (Å²) >= 11 is 0. The molecular formula is C18H25N3. The van der Waals surface area contributed by atoms with Crippen molar-refractivity contribution in [2.24, 2.45) is 0 Å². The molecule has 112 valence electrons. The smallest absolute Gasteiger partial charge is 0.125 e. The molecule has 2 rings (SSSR count). The lowest BCUT2D eigenvalue weighted by Gasteiger charge is -2.22. The second kappa shape index (κ2) is 6.81. The monoisotopic (exact) mass is 283 g/mol. The molecule has 0 spiro atoms. The summed E-state index contributed by atoms with van der Waals surface area (Å²) in [4.78, 5) is 8.83. The number of aromatic nitrogens is 2. The molecule has 0 fully saturated rings. The fourth-order valence-electron chi connectivity index (χ4n) is 2.59. The van der Waals surface area contributed by atoms with Crippen LogP contribution in [0.25, 0.3) is 0 Å². The largest absolute Gasteiger partial charge is 0.305 e. The van der Waals surface area contributed by atoms with Crippen molar-refractivity contribution in [2.75, 3.05) is 6.54 Å². The van der Waals surface area contributed by atoms with Crippen molar-refractivity contribution in [2.45, 2.75) is 47.1 Å².